The van der Waals surface area contributed by atoms with Crippen molar-refractivity contribution in [2.45, 2.75) is 6.42 Å². The molecule has 1 aliphatic rings. The largest absolute Gasteiger partial charge is 0.336 e. The summed E-state index contributed by atoms with van der Waals surface area (Å²) < 4.78 is 2.37. The molecule has 0 radical (unpaired) electrons. The first-order valence-electron chi connectivity index (χ1n) is 6.26. The van der Waals surface area contributed by atoms with Gasteiger partial charge in [-0.15, -0.1) is 0 Å². The first-order chi connectivity index (χ1) is 9.63. The van der Waals surface area contributed by atoms with Crippen molar-refractivity contribution in [3.8, 4) is 0 Å². The van der Waals surface area contributed by atoms with E-state index in [1.54, 1.807) is 19.3 Å². The van der Waals surface area contributed by atoms with Gasteiger partial charge in [-0.3, -0.25) is 9.79 Å². The van der Waals surface area contributed by atoms with Crippen molar-refractivity contribution in [2.24, 2.45) is 12.0 Å². The summed E-state index contributed by atoms with van der Waals surface area (Å²) in [5.74, 6) is 0.675. The van der Waals surface area contributed by atoms with Crippen LogP contribution in [0.2, 0.25) is 0 Å². The summed E-state index contributed by atoms with van der Waals surface area (Å²) in [6.45, 7) is 0.766. The van der Waals surface area contributed by atoms with E-state index in [-0.39, 0.29) is 5.56 Å². The third-order valence-electron chi connectivity index (χ3n) is 3.13. The van der Waals surface area contributed by atoms with Crippen molar-refractivity contribution < 1.29 is 0 Å². The number of fused-ring (bicyclic) bond motifs is 1. The zero-order chi connectivity index (χ0) is 14.1. The molecule has 1 N–H and O–H groups in total. The molecule has 6 heteroatoms. The van der Waals surface area contributed by atoms with E-state index in [1.807, 2.05) is 18.3 Å². The molecule has 0 atom stereocenters. The number of anilines is 2. The third kappa shape index (κ3) is 2.51. The number of nitrogens with zero attached hydrogens (tertiary/aromatic N) is 3. The van der Waals surface area contributed by atoms with Gasteiger partial charge in [0, 0.05) is 42.5 Å². The van der Waals surface area contributed by atoms with Gasteiger partial charge in [-0.25, -0.2) is 4.98 Å². The molecule has 0 saturated heterocycles. The van der Waals surface area contributed by atoms with E-state index in [4.69, 9.17) is 0 Å². The Labute approximate surface area is 124 Å². The Hall–Kier alpha value is -1.95. The fraction of sp³-hybridized carbons (Fsp3) is 0.214. The number of aryl methyl sites for hydroxylation is 1. The van der Waals surface area contributed by atoms with Crippen LogP contribution < -0.4 is 10.9 Å². The lowest BCUT2D eigenvalue weighted by atomic mass is 10.1. The molecule has 102 valence electrons. The van der Waals surface area contributed by atoms with Gasteiger partial charge in [-0.1, -0.05) is 0 Å². The monoisotopic (exact) mass is 332 g/mol. The lowest BCUT2D eigenvalue weighted by molar-refractivity contribution is 0.857. The molecule has 0 fully saturated rings. The average molecular weight is 333 g/mol. The normalized spacial score (nSPS) is 13.1. The number of nitrogens with one attached hydrogen (secondary N) is 1. The highest BCUT2D eigenvalue weighted by molar-refractivity contribution is 9.10. The zero-order valence-corrected chi connectivity index (χ0v) is 12.5. The van der Waals surface area contributed by atoms with Crippen LogP contribution in [-0.2, 0) is 13.5 Å². The van der Waals surface area contributed by atoms with E-state index in [9.17, 15) is 4.79 Å². The second-order valence-corrected chi connectivity index (χ2v) is 5.55. The van der Waals surface area contributed by atoms with Gasteiger partial charge in [-0.05, 0) is 34.1 Å². The van der Waals surface area contributed by atoms with Crippen LogP contribution in [0.4, 0.5) is 11.5 Å². The molecule has 0 aliphatic carbocycles. The minimum absolute atomic E-state index is 0.0886. The number of pyridine rings is 2. The lowest BCUT2D eigenvalue weighted by Gasteiger charge is -2.12. The molecule has 0 saturated carbocycles. The van der Waals surface area contributed by atoms with Gasteiger partial charge in [0.05, 0.1) is 5.69 Å². The van der Waals surface area contributed by atoms with Gasteiger partial charge < -0.3 is 9.88 Å². The van der Waals surface area contributed by atoms with Crippen LogP contribution in [0.15, 0.2) is 38.7 Å². The Morgan fingerprint density at radius 1 is 1.40 bits per heavy atom. The topological polar surface area (TPSA) is 59.3 Å². The highest BCUT2D eigenvalue weighted by atomic mass is 79.9. The van der Waals surface area contributed by atoms with Crippen molar-refractivity contribution >= 4 is 33.6 Å². The molecule has 0 spiro atoms. The predicted octanol–water partition coefficient (Wildman–Crippen LogP) is 2.26. The number of hydrogen-bond acceptors (Lipinski definition) is 4. The van der Waals surface area contributed by atoms with Crippen molar-refractivity contribution in [1.29, 1.82) is 0 Å². The standard InChI is InChI=1S/C14H13BrN4O/c1-19-8-10(15)6-12(14(19)20)18-13-3-2-9-7-16-5-4-11(9)17-13/h2-3,6-8H,4-5H2,1H3,(H,17,18). The summed E-state index contributed by atoms with van der Waals surface area (Å²) in [7, 11) is 1.72. The summed E-state index contributed by atoms with van der Waals surface area (Å²) >= 11 is 3.38. The third-order valence-corrected chi connectivity index (χ3v) is 3.56. The first kappa shape index (κ1) is 13.1. The van der Waals surface area contributed by atoms with Gasteiger partial charge in [0.15, 0.2) is 0 Å². The van der Waals surface area contributed by atoms with Gasteiger partial charge in [0.2, 0.25) is 0 Å². The highest BCUT2D eigenvalue weighted by Crippen LogP contribution is 2.18. The van der Waals surface area contributed by atoms with E-state index in [2.05, 4.69) is 31.2 Å². The summed E-state index contributed by atoms with van der Waals surface area (Å²) in [6.07, 6.45) is 4.40. The van der Waals surface area contributed by atoms with E-state index >= 15 is 0 Å². The van der Waals surface area contributed by atoms with Crippen molar-refractivity contribution in [3.05, 3.63) is 50.5 Å². The molecule has 2 aromatic rings. The Morgan fingerprint density at radius 3 is 3.10 bits per heavy atom. The maximum atomic E-state index is 12.0. The van der Waals surface area contributed by atoms with E-state index in [0.29, 0.717) is 11.5 Å². The molecule has 0 unspecified atom stereocenters. The Balaban J connectivity index is 1.96. The van der Waals surface area contributed by atoms with E-state index < -0.39 is 0 Å². The summed E-state index contributed by atoms with van der Waals surface area (Å²) in [4.78, 5) is 20.8. The summed E-state index contributed by atoms with van der Waals surface area (Å²) in [5.41, 5.74) is 2.47. The summed E-state index contributed by atoms with van der Waals surface area (Å²) in [6, 6.07) is 5.58. The molecule has 0 bridgehead atoms. The molecular formula is C14H13BrN4O. The molecule has 3 rings (SSSR count). The van der Waals surface area contributed by atoms with Crippen LogP contribution in [0, 0.1) is 0 Å². The van der Waals surface area contributed by atoms with Crippen molar-refractivity contribution in [2.75, 3.05) is 11.9 Å². The minimum Gasteiger partial charge on any atom is -0.336 e. The zero-order valence-electron chi connectivity index (χ0n) is 10.9. The second kappa shape index (κ2) is 5.20. The average Bonchev–Trinajstić information content (AvgIpc) is 2.44. The first-order valence-corrected chi connectivity index (χ1v) is 7.06. The molecule has 2 aromatic heterocycles. The SMILES string of the molecule is Cn1cc(Br)cc(Nc2ccc3c(n2)CCN=C3)c1=O. The van der Waals surface area contributed by atoms with Crippen LogP contribution in [0.1, 0.15) is 11.3 Å². The van der Waals surface area contributed by atoms with Crippen LogP contribution in [0.25, 0.3) is 0 Å². The maximum absolute atomic E-state index is 12.0. The quantitative estimate of drug-likeness (QED) is 0.917. The Morgan fingerprint density at radius 2 is 2.25 bits per heavy atom. The van der Waals surface area contributed by atoms with E-state index in [1.165, 1.54) is 4.57 Å². The van der Waals surface area contributed by atoms with Crippen LogP contribution in [0.5, 0.6) is 0 Å². The van der Waals surface area contributed by atoms with Gasteiger partial charge in [0.1, 0.15) is 11.5 Å². The summed E-state index contributed by atoms with van der Waals surface area (Å²) in [5, 5.41) is 3.09. The Kier molecular flexibility index (Phi) is 3.40. The van der Waals surface area contributed by atoms with Gasteiger partial charge in [-0.2, -0.15) is 0 Å². The lowest BCUT2D eigenvalue weighted by Crippen LogP contribution is -2.19. The van der Waals surface area contributed by atoms with Crippen molar-refractivity contribution in [3.63, 3.8) is 0 Å². The molecule has 5 nitrogen and oxygen atoms in total. The van der Waals surface area contributed by atoms with Crippen LogP contribution in [0.3, 0.4) is 0 Å². The molecular weight excluding hydrogens is 320 g/mol. The highest BCUT2D eigenvalue weighted by Gasteiger charge is 2.09. The maximum Gasteiger partial charge on any atom is 0.274 e. The minimum atomic E-state index is -0.0886. The number of aromatic nitrogens is 2. The molecule has 0 aromatic carbocycles. The van der Waals surface area contributed by atoms with Gasteiger partial charge in [0.25, 0.3) is 5.56 Å². The molecule has 20 heavy (non-hydrogen) atoms. The second-order valence-electron chi connectivity index (χ2n) is 4.63. The Bertz CT molecular complexity index is 751. The molecule has 3 heterocycles. The van der Waals surface area contributed by atoms with Crippen molar-refractivity contribution in [1.82, 2.24) is 9.55 Å². The molecule has 1 aliphatic heterocycles. The number of halogens is 1. The fourth-order valence-electron chi connectivity index (χ4n) is 2.13. The predicted molar refractivity (Wildman–Crippen MR) is 83.1 cm³/mol. The fourth-order valence-corrected chi connectivity index (χ4v) is 2.67. The van der Waals surface area contributed by atoms with Gasteiger partial charge >= 0.3 is 0 Å². The smallest absolute Gasteiger partial charge is 0.274 e. The number of aliphatic imine (C=N–C) groups is 1. The number of hydrogen-bond donors (Lipinski definition) is 1. The van der Waals surface area contributed by atoms with E-state index in [0.717, 1.165) is 28.7 Å². The van der Waals surface area contributed by atoms with Crippen LogP contribution in [-0.4, -0.2) is 22.3 Å². The molecule has 0 amide bonds. The van der Waals surface area contributed by atoms with Crippen LogP contribution >= 0.6 is 15.9 Å². The number of rotatable bonds is 2.